The molecule has 14 heavy (non-hydrogen) atoms. The molecule has 0 radical (unpaired) electrons. The summed E-state index contributed by atoms with van der Waals surface area (Å²) in [5, 5.41) is 2.80. The van der Waals surface area contributed by atoms with E-state index in [2.05, 4.69) is 11.9 Å². The van der Waals surface area contributed by atoms with Crippen molar-refractivity contribution in [1.29, 1.82) is 0 Å². The lowest BCUT2D eigenvalue weighted by Crippen LogP contribution is -2.48. The van der Waals surface area contributed by atoms with Crippen LogP contribution in [0.4, 0.5) is 0 Å². The summed E-state index contributed by atoms with van der Waals surface area (Å²) < 4.78 is 0. The molecule has 2 fully saturated rings. The fourth-order valence-corrected chi connectivity index (χ4v) is 2.34. The van der Waals surface area contributed by atoms with Crippen molar-refractivity contribution < 1.29 is 9.59 Å². The Labute approximate surface area is 83.0 Å². The molecule has 4 heteroatoms. The van der Waals surface area contributed by atoms with Gasteiger partial charge >= 0.3 is 0 Å². The van der Waals surface area contributed by atoms with Crippen molar-refractivity contribution in [2.75, 3.05) is 13.1 Å². The molecule has 0 spiro atoms. The van der Waals surface area contributed by atoms with E-state index in [1.54, 1.807) is 4.90 Å². The van der Waals surface area contributed by atoms with Gasteiger partial charge in [-0.25, -0.2) is 0 Å². The van der Waals surface area contributed by atoms with Crippen LogP contribution < -0.4 is 5.32 Å². The number of likely N-dealkylation sites (tertiary alicyclic amines) is 1. The third kappa shape index (κ3) is 1.31. The second-order valence-corrected chi connectivity index (χ2v) is 3.80. The van der Waals surface area contributed by atoms with Crippen LogP contribution >= 0.6 is 0 Å². The Bertz CT molecular complexity index is 288. The van der Waals surface area contributed by atoms with Crippen molar-refractivity contribution in [1.82, 2.24) is 10.2 Å². The average Bonchev–Trinajstić information content (AvgIpc) is 2.59. The molecule has 4 nitrogen and oxygen atoms in total. The molecule has 0 saturated carbocycles. The highest BCUT2D eigenvalue weighted by Crippen LogP contribution is 2.27. The number of carbonyl (C=O) groups is 2. The van der Waals surface area contributed by atoms with Crippen LogP contribution in [-0.2, 0) is 9.59 Å². The summed E-state index contributed by atoms with van der Waals surface area (Å²) in [5.74, 6) is 0.0420. The number of hydrogen-bond donors (Lipinski definition) is 1. The van der Waals surface area contributed by atoms with E-state index in [4.69, 9.17) is 0 Å². The molecule has 2 heterocycles. The zero-order chi connectivity index (χ0) is 10.1. The summed E-state index contributed by atoms with van der Waals surface area (Å²) in [5.41, 5.74) is 0. The van der Waals surface area contributed by atoms with E-state index in [9.17, 15) is 9.59 Å². The zero-order valence-electron chi connectivity index (χ0n) is 8.03. The van der Waals surface area contributed by atoms with Crippen molar-refractivity contribution in [2.24, 2.45) is 5.92 Å². The van der Waals surface area contributed by atoms with E-state index in [1.807, 2.05) is 0 Å². The van der Waals surface area contributed by atoms with Gasteiger partial charge in [-0.15, -0.1) is 0 Å². The molecule has 2 aliphatic heterocycles. The molecule has 0 aromatic heterocycles. The largest absolute Gasteiger partial charge is 0.354 e. The molecule has 0 aromatic rings. The highest BCUT2D eigenvalue weighted by molar-refractivity contribution is 5.89. The summed E-state index contributed by atoms with van der Waals surface area (Å²) in [6.07, 6.45) is 3.14. The van der Waals surface area contributed by atoms with E-state index < -0.39 is 0 Å². The van der Waals surface area contributed by atoms with E-state index in [-0.39, 0.29) is 23.8 Å². The minimum atomic E-state index is -0.0591. The topological polar surface area (TPSA) is 49.4 Å². The van der Waals surface area contributed by atoms with Crippen LogP contribution in [0.2, 0.25) is 0 Å². The highest BCUT2D eigenvalue weighted by atomic mass is 16.2. The lowest BCUT2D eigenvalue weighted by Gasteiger charge is -2.35. The Balaban J connectivity index is 2.16. The van der Waals surface area contributed by atoms with Crippen LogP contribution in [0.25, 0.3) is 0 Å². The lowest BCUT2D eigenvalue weighted by atomic mass is 9.91. The Morgan fingerprint density at radius 2 is 2.43 bits per heavy atom. The molecule has 76 valence electrons. The number of carbonyl (C=O) groups excluding carboxylic acids is 2. The SMILES string of the molecule is C=CC(=O)N1CCCC2C(=O)NCC21. The molecule has 2 atom stereocenters. The third-order valence-corrected chi connectivity index (χ3v) is 3.06. The van der Waals surface area contributed by atoms with Gasteiger partial charge < -0.3 is 10.2 Å². The maximum atomic E-state index is 11.5. The molecule has 1 N–H and O–H groups in total. The first-order valence-corrected chi connectivity index (χ1v) is 4.95. The van der Waals surface area contributed by atoms with Crippen molar-refractivity contribution in [3.05, 3.63) is 12.7 Å². The van der Waals surface area contributed by atoms with Crippen LogP contribution in [0, 0.1) is 5.92 Å². The van der Waals surface area contributed by atoms with Crippen LogP contribution in [0.5, 0.6) is 0 Å². The smallest absolute Gasteiger partial charge is 0.246 e. The van der Waals surface area contributed by atoms with E-state index in [0.717, 1.165) is 19.4 Å². The van der Waals surface area contributed by atoms with Gasteiger partial charge in [-0.1, -0.05) is 6.58 Å². The highest BCUT2D eigenvalue weighted by Gasteiger charge is 2.41. The summed E-state index contributed by atoms with van der Waals surface area (Å²) in [6, 6.07) is 0.0572. The van der Waals surface area contributed by atoms with Gasteiger partial charge in [0.2, 0.25) is 11.8 Å². The minimum absolute atomic E-state index is 0.00708. The lowest BCUT2D eigenvalue weighted by molar-refractivity contribution is -0.132. The van der Waals surface area contributed by atoms with E-state index in [1.165, 1.54) is 6.08 Å². The fraction of sp³-hybridized carbons (Fsp3) is 0.600. The second-order valence-electron chi connectivity index (χ2n) is 3.80. The number of rotatable bonds is 1. The summed E-state index contributed by atoms with van der Waals surface area (Å²) >= 11 is 0. The number of nitrogens with zero attached hydrogens (tertiary/aromatic N) is 1. The monoisotopic (exact) mass is 194 g/mol. The molecule has 0 aliphatic carbocycles. The van der Waals surface area contributed by atoms with Gasteiger partial charge in [0.15, 0.2) is 0 Å². The minimum Gasteiger partial charge on any atom is -0.354 e. The molecule has 2 unspecified atom stereocenters. The average molecular weight is 194 g/mol. The van der Waals surface area contributed by atoms with Gasteiger partial charge in [0.1, 0.15) is 0 Å². The van der Waals surface area contributed by atoms with Gasteiger partial charge in [0.25, 0.3) is 0 Å². The standard InChI is InChI=1S/C10H14N2O2/c1-2-9(13)12-5-3-4-7-8(12)6-11-10(7)14/h2,7-8H,1,3-6H2,(H,11,14). The van der Waals surface area contributed by atoms with Crippen LogP contribution in [-0.4, -0.2) is 35.8 Å². The zero-order valence-corrected chi connectivity index (χ0v) is 8.03. The van der Waals surface area contributed by atoms with Gasteiger partial charge in [-0.2, -0.15) is 0 Å². The summed E-state index contributed by atoms with van der Waals surface area (Å²) in [6.45, 7) is 4.82. The first-order valence-electron chi connectivity index (χ1n) is 4.95. The molecule has 2 amide bonds. The fourth-order valence-electron chi connectivity index (χ4n) is 2.34. The quantitative estimate of drug-likeness (QED) is 0.593. The van der Waals surface area contributed by atoms with Crippen molar-refractivity contribution in [3.8, 4) is 0 Å². The molecule has 2 aliphatic rings. The van der Waals surface area contributed by atoms with Gasteiger partial charge in [0, 0.05) is 13.1 Å². The Morgan fingerprint density at radius 1 is 1.64 bits per heavy atom. The predicted octanol–water partition coefficient (Wildman–Crippen LogP) is -0.0906. The van der Waals surface area contributed by atoms with Crippen molar-refractivity contribution in [2.45, 2.75) is 18.9 Å². The first kappa shape index (κ1) is 9.24. The molecule has 0 bridgehead atoms. The Morgan fingerprint density at radius 3 is 3.14 bits per heavy atom. The second kappa shape index (κ2) is 3.44. The molecular weight excluding hydrogens is 180 g/mol. The predicted molar refractivity (Wildman–Crippen MR) is 51.4 cm³/mol. The van der Waals surface area contributed by atoms with Gasteiger partial charge in [-0.05, 0) is 18.9 Å². The number of fused-ring (bicyclic) bond motifs is 1. The number of piperidine rings is 1. The van der Waals surface area contributed by atoms with Crippen LogP contribution in [0.15, 0.2) is 12.7 Å². The van der Waals surface area contributed by atoms with Crippen LogP contribution in [0.1, 0.15) is 12.8 Å². The Hall–Kier alpha value is -1.32. The maximum Gasteiger partial charge on any atom is 0.246 e. The maximum absolute atomic E-state index is 11.5. The van der Waals surface area contributed by atoms with Gasteiger partial charge in [0.05, 0.1) is 12.0 Å². The van der Waals surface area contributed by atoms with Gasteiger partial charge in [-0.3, -0.25) is 9.59 Å². The molecule has 2 rings (SSSR count). The Kier molecular flexibility index (Phi) is 2.27. The molecular formula is C10H14N2O2. The van der Waals surface area contributed by atoms with E-state index in [0.29, 0.717) is 6.54 Å². The van der Waals surface area contributed by atoms with Crippen LogP contribution in [0.3, 0.4) is 0 Å². The molecule has 0 aromatic carbocycles. The first-order chi connectivity index (χ1) is 6.74. The number of nitrogens with one attached hydrogen (secondary N) is 1. The normalized spacial score (nSPS) is 30.9. The van der Waals surface area contributed by atoms with Crippen molar-refractivity contribution >= 4 is 11.8 Å². The van der Waals surface area contributed by atoms with E-state index >= 15 is 0 Å². The number of hydrogen-bond acceptors (Lipinski definition) is 2. The number of amides is 2. The summed E-state index contributed by atoms with van der Waals surface area (Å²) in [4.78, 5) is 24.6. The summed E-state index contributed by atoms with van der Waals surface area (Å²) in [7, 11) is 0. The third-order valence-electron chi connectivity index (χ3n) is 3.06. The van der Waals surface area contributed by atoms with Crippen molar-refractivity contribution in [3.63, 3.8) is 0 Å². The molecule has 2 saturated heterocycles.